The first-order valence-corrected chi connectivity index (χ1v) is 10.2. The number of nitrogens with one attached hydrogen (secondary N) is 1. The summed E-state index contributed by atoms with van der Waals surface area (Å²) in [7, 11) is 0. The second-order valence-corrected chi connectivity index (χ2v) is 7.45. The molecule has 8 nitrogen and oxygen atoms in total. The van der Waals surface area contributed by atoms with Gasteiger partial charge in [-0.1, -0.05) is 30.3 Å². The van der Waals surface area contributed by atoms with E-state index in [1.54, 1.807) is 6.92 Å². The van der Waals surface area contributed by atoms with E-state index in [1.807, 2.05) is 0 Å². The van der Waals surface area contributed by atoms with Crippen molar-refractivity contribution in [3.63, 3.8) is 0 Å². The second kappa shape index (κ2) is 10.8. The molecular weight excluding hydrogens is 392 g/mol. The molecular formula is C17H25ClN4O4S. The number of thioether (sulfide) groups is 1. The summed E-state index contributed by atoms with van der Waals surface area (Å²) in [6.45, 7) is 7.50. The quantitative estimate of drug-likeness (QED) is 0.197. The molecule has 0 spiro atoms. The standard InChI is InChI=1S/C17H25ClN4O4S/c1-4-6-27-17-21-15(18)14(19-3)16(22-17)20-11-7-10(8-12(11)23)26-9-13(24)25-5-2/h10-12,23H,3-9H2,1-2H3,(H,20,21,22). The van der Waals surface area contributed by atoms with E-state index in [0.717, 1.165) is 12.2 Å². The number of nitrogens with zero attached hydrogens (tertiary/aromatic N) is 3. The number of halogens is 1. The van der Waals surface area contributed by atoms with Crippen molar-refractivity contribution in [1.29, 1.82) is 0 Å². The summed E-state index contributed by atoms with van der Waals surface area (Å²) in [5.41, 5.74) is 0.348. The van der Waals surface area contributed by atoms with Crippen LogP contribution < -0.4 is 5.32 Å². The van der Waals surface area contributed by atoms with Crippen LogP contribution in [0.5, 0.6) is 0 Å². The van der Waals surface area contributed by atoms with Crippen LogP contribution in [0.15, 0.2) is 10.1 Å². The SMILES string of the molecule is C=Nc1c(Cl)nc(SCCC)nc1NC1CC(OCC(=O)OCC)CC1O. The van der Waals surface area contributed by atoms with Crippen LogP contribution in [0.25, 0.3) is 0 Å². The predicted octanol–water partition coefficient (Wildman–Crippen LogP) is 2.85. The van der Waals surface area contributed by atoms with Crippen LogP contribution in [0.2, 0.25) is 5.15 Å². The predicted molar refractivity (Wildman–Crippen MR) is 106 cm³/mol. The van der Waals surface area contributed by atoms with Gasteiger partial charge in [0.15, 0.2) is 16.1 Å². The first kappa shape index (κ1) is 21.9. The van der Waals surface area contributed by atoms with Gasteiger partial charge in [0.05, 0.1) is 24.9 Å². The molecule has 10 heteroatoms. The summed E-state index contributed by atoms with van der Waals surface area (Å²) in [4.78, 5) is 24.0. The number of aromatic nitrogens is 2. The van der Waals surface area contributed by atoms with E-state index >= 15 is 0 Å². The molecule has 1 saturated carbocycles. The number of carbonyl (C=O) groups is 1. The maximum atomic E-state index is 11.4. The largest absolute Gasteiger partial charge is 0.464 e. The van der Waals surface area contributed by atoms with Crippen LogP contribution >= 0.6 is 23.4 Å². The first-order chi connectivity index (χ1) is 13.0. The molecule has 1 aliphatic rings. The topological polar surface area (TPSA) is 106 Å². The molecule has 1 aromatic rings. The molecule has 0 amide bonds. The lowest BCUT2D eigenvalue weighted by molar-refractivity contribution is -0.150. The van der Waals surface area contributed by atoms with Crippen LogP contribution in [0.1, 0.15) is 33.1 Å². The van der Waals surface area contributed by atoms with Crippen molar-refractivity contribution in [1.82, 2.24) is 9.97 Å². The molecule has 3 unspecified atom stereocenters. The zero-order valence-corrected chi connectivity index (χ0v) is 17.1. The molecule has 0 aliphatic heterocycles. The smallest absolute Gasteiger partial charge is 0.332 e. The number of carbonyl (C=O) groups excluding carboxylic acids is 1. The number of rotatable bonds is 10. The van der Waals surface area contributed by atoms with Gasteiger partial charge in [0, 0.05) is 12.2 Å². The third kappa shape index (κ3) is 6.31. The molecule has 0 aromatic carbocycles. The van der Waals surface area contributed by atoms with Crippen LogP contribution in [-0.4, -0.2) is 65.0 Å². The second-order valence-electron chi connectivity index (χ2n) is 6.03. The zero-order chi connectivity index (χ0) is 19.8. The van der Waals surface area contributed by atoms with Crippen LogP contribution in [0, 0.1) is 0 Å². The summed E-state index contributed by atoms with van der Waals surface area (Å²) in [5, 5.41) is 14.3. The highest BCUT2D eigenvalue weighted by Crippen LogP contribution is 2.35. The summed E-state index contributed by atoms with van der Waals surface area (Å²) in [6.07, 6.45) is 0.987. The summed E-state index contributed by atoms with van der Waals surface area (Å²) < 4.78 is 10.4. The lowest BCUT2D eigenvalue weighted by Gasteiger charge is -2.19. The number of hydrogen-bond acceptors (Lipinski definition) is 9. The van der Waals surface area contributed by atoms with Crippen molar-refractivity contribution in [3.05, 3.63) is 5.15 Å². The fraction of sp³-hybridized carbons (Fsp3) is 0.647. The van der Waals surface area contributed by atoms with E-state index in [4.69, 9.17) is 21.1 Å². The lowest BCUT2D eigenvalue weighted by atomic mass is 10.2. The van der Waals surface area contributed by atoms with Gasteiger partial charge >= 0.3 is 5.97 Å². The van der Waals surface area contributed by atoms with Crippen molar-refractivity contribution >= 4 is 47.6 Å². The molecule has 1 aromatic heterocycles. The van der Waals surface area contributed by atoms with Crippen LogP contribution in [0.4, 0.5) is 11.5 Å². The lowest BCUT2D eigenvalue weighted by Crippen LogP contribution is -2.28. The van der Waals surface area contributed by atoms with E-state index in [1.165, 1.54) is 11.8 Å². The zero-order valence-electron chi connectivity index (χ0n) is 15.5. The minimum Gasteiger partial charge on any atom is -0.464 e. The van der Waals surface area contributed by atoms with Gasteiger partial charge in [-0.2, -0.15) is 0 Å². The highest BCUT2D eigenvalue weighted by atomic mass is 35.5. The Bertz CT molecular complexity index is 664. The summed E-state index contributed by atoms with van der Waals surface area (Å²) >= 11 is 7.70. The Hall–Kier alpha value is -1.42. The van der Waals surface area contributed by atoms with Crippen LogP contribution in [0.3, 0.4) is 0 Å². The number of esters is 1. The highest BCUT2D eigenvalue weighted by Gasteiger charge is 2.35. The third-order valence-electron chi connectivity index (χ3n) is 3.96. The van der Waals surface area contributed by atoms with E-state index in [2.05, 4.69) is 33.9 Å². The van der Waals surface area contributed by atoms with Crippen molar-refractivity contribution in [3.8, 4) is 0 Å². The fourth-order valence-corrected chi connectivity index (χ4v) is 3.71. The Kier molecular flexibility index (Phi) is 8.75. The number of ether oxygens (including phenoxy) is 2. The molecule has 3 atom stereocenters. The van der Waals surface area contributed by atoms with Gasteiger partial charge in [-0.05, 0) is 26.5 Å². The number of aliphatic imine (C=N–C) groups is 1. The molecule has 27 heavy (non-hydrogen) atoms. The summed E-state index contributed by atoms with van der Waals surface area (Å²) in [5.74, 6) is 0.882. The minimum absolute atomic E-state index is 0.130. The Morgan fingerprint density at radius 3 is 2.89 bits per heavy atom. The summed E-state index contributed by atoms with van der Waals surface area (Å²) in [6, 6.07) is -0.312. The maximum Gasteiger partial charge on any atom is 0.332 e. The van der Waals surface area contributed by atoms with Crippen molar-refractivity contribution in [2.75, 3.05) is 24.3 Å². The van der Waals surface area contributed by atoms with Crippen molar-refractivity contribution < 1.29 is 19.4 Å². The highest BCUT2D eigenvalue weighted by molar-refractivity contribution is 7.99. The molecule has 1 fully saturated rings. The molecule has 150 valence electrons. The van der Waals surface area contributed by atoms with Crippen molar-refractivity contribution in [2.45, 2.75) is 56.5 Å². The molecule has 0 saturated heterocycles. The molecule has 2 rings (SSSR count). The van der Waals surface area contributed by atoms with E-state index in [9.17, 15) is 9.90 Å². The molecule has 2 N–H and O–H groups in total. The van der Waals surface area contributed by atoms with Gasteiger partial charge in [0.1, 0.15) is 12.3 Å². The average Bonchev–Trinajstić information content (AvgIpc) is 2.98. The number of aliphatic hydroxyl groups is 1. The van der Waals surface area contributed by atoms with E-state index in [-0.39, 0.29) is 23.9 Å². The third-order valence-corrected chi connectivity index (χ3v) is 5.28. The maximum absolute atomic E-state index is 11.4. The fourth-order valence-electron chi connectivity index (χ4n) is 2.73. The number of hydrogen-bond donors (Lipinski definition) is 2. The van der Waals surface area contributed by atoms with Gasteiger partial charge in [0.2, 0.25) is 0 Å². The Morgan fingerprint density at radius 1 is 1.44 bits per heavy atom. The molecule has 0 bridgehead atoms. The average molecular weight is 417 g/mol. The molecule has 1 aliphatic carbocycles. The van der Waals surface area contributed by atoms with Crippen LogP contribution in [-0.2, 0) is 14.3 Å². The normalized spacial score (nSPS) is 21.9. The first-order valence-electron chi connectivity index (χ1n) is 8.87. The van der Waals surface area contributed by atoms with Gasteiger partial charge in [-0.25, -0.2) is 14.8 Å². The Labute approximate surface area is 168 Å². The Balaban J connectivity index is 2.03. The van der Waals surface area contributed by atoms with Gasteiger partial charge in [-0.3, -0.25) is 4.99 Å². The van der Waals surface area contributed by atoms with E-state index < -0.39 is 12.1 Å². The number of aliphatic hydroxyl groups excluding tert-OH is 1. The monoisotopic (exact) mass is 416 g/mol. The van der Waals surface area contributed by atoms with Gasteiger partial charge in [0.25, 0.3) is 0 Å². The van der Waals surface area contributed by atoms with Gasteiger partial charge in [-0.15, -0.1) is 0 Å². The minimum atomic E-state index is -0.657. The van der Waals surface area contributed by atoms with Crippen molar-refractivity contribution in [2.24, 2.45) is 4.99 Å². The molecule has 0 radical (unpaired) electrons. The number of anilines is 1. The Morgan fingerprint density at radius 2 is 2.22 bits per heavy atom. The molecule has 1 heterocycles. The van der Waals surface area contributed by atoms with E-state index in [0.29, 0.717) is 36.1 Å². The van der Waals surface area contributed by atoms with Gasteiger partial charge < -0.3 is 19.9 Å².